The molecule has 0 aliphatic rings. The summed E-state index contributed by atoms with van der Waals surface area (Å²) in [5.41, 5.74) is 0. The largest absolute Gasteiger partial charge is 0.481 e. The molecule has 0 unspecified atom stereocenters. The fourth-order valence-electron chi connectivity index (χ4n) is 2.49. The first-order valence-electron chi connectivity index (χ1n) is 8.76. The first-order valence-corrected chi connectivity index (χ1v) is 9.75. The van der Waals surface area contributed by atoms with E-state index in [2.05, 4.69) is 42.3 Å². The van der Waals surface area contributed by atoms with Crippen LogP contribution in [0, 0.1) is 0 Å². The Hall–Kier alpha value is -1.00. The van der Waals surface area contributed by atoms with Gasteiger partial charge < -0.3 is 10.0 Å². The molecule has 3 nitrogen and oxygen atoms in total. The van der Waals surface area contributed by atoms with Gasteiger partial charge in [0.25, 0.3) is 0 Å². The smallest absolute Gasteiger partial charge is 0.303 e. The zero-order chi connectivity index (χ0) is 16.8. The molecule has 0 amide bonds. The third kappa shape index (κ3) is 12.1. The minimum Gasteiger partial charge on any atom is -0.481 e. The van der Waals surface area contributed by atoms with Gasteiger partial charge >= 0.3 is 5.97 Å². The summed E-state index contributed by atoms with van der Waals surface area (Å²) >= 11 is 1.94. The lowest BCUT2D eigenvalue weighted by atomic mass is 10.1. The van der Waals surface area contributed by atoms with Gasteiger partial charge in [0.1, 0.15) is 0 Å². The molecule has 0 bridgehead atoms. The van der Waals surface area contributed by atoms with Gasteiger partial charge in [0.2, 0.25) is 0 Å². The molecule has 0 spiro atoms. The van der Waals surface area contributed by atoms with Crippen LogP contribution >= 0.6 is 11.8 Å². The minimum atomic E-state index is -0.671. The fourth-order valence-corrected chi connectivity index (χ4v) is 3.42. The highest BCUT2D eigenvalue weighted by atomic mass is 32.2. The van der Waals surface area contributed by atoms with Crippen LogP contribution in [0.2, 0.25) is 0 Å². The van der Waals surface area contributed by atoms with E-state index in [9.17, 15) is 4.79 Å². The van der Waals surface area contributed by atoms with Crippen LogP contribution in [0.25, 0.3) is 0 Å². The van der Waals surface area contributed by atoms with Crippen molar-refractivity contribution in [3.63, 3.8) is 0 Å². The van der Waals surface area contributed by atoms with Crippen molar-refractivity contribution < 1.29 is 9.90 Å². The molecule has 0 radical (unpaired) electrons. The van der Waals surface area contributed by atoms with E-state index >= 15 is 0 Å². The molecule has 1 aromatic carbocycles. The van der Waals surface area contributed by atoms with Crippen molar-refractivity contribution in [2.24, 2.45) is 0 Å². The van der Waals surface area contributed by atoms with Gasteiger partial charge in [-0.2, -0.15) is 0 Å². The molecule has 1 N–H and O–H groups in total. The molecule has 130 valence electrons. The number of carboxylic acids is 1. The van der Waals surface area contributed by atoms with E-state index in [1.165, 1.54) is 42.9 Å². The summed E-state index contributed by atoms with van der Waals surface area (Å²) in [4.78, 5) is 14.2. The second kappa shape index (κ2) is 13.4. The average Bonchev–Trinajstić information content (AvgIpc) is 2.54. The predicted octanol–water partition coefficient (Wildman–Crippen LogP) is 4.92. The zero-order valence-corrected chi connectivity index (χ0v) is 15.2. The molecule has 1 aromatic rings. The first-order chi connectivity index (χ1) is 11.2. The third-order valence-electron chi connectivity index (χ3n) is 3.88. The number of carboxylic acid groups (broad SMARTS) is 1. The second-order valence-electron chi connectivity index (χ2n) is 6.08. The molecular weight excluding hydrogens is 306 g/mol. The maximum Gasteiger partial charge on any atom is 0.303 e. The molecule has 0 aromatic heterocycles. The number of unbranched alkanes of at least 4 members (excludes halogenated alkanes) is 5. The molecule has 4 heteroatoms. The number of nitrogens with zero attached hydrogens (tertiary/aromatic N) is 1. The number of rotatable bonds is 14. The van der Waals surface area contributed by atoms with Gasteiger partial charge in [0.05, 0.1) is 0 Å². The van der Waals surface area contributed by atoms with E-state index in [4.69, 9.17) is 5.11 Å². The summed E-state index contributed by atoms with van der Waals surface area (Å²) in [6, 6.07) is 10.6. The molecule has 0 aliphatic heterocycles. The van der Waals surface area contributed by atoms with Crippen molar-refractivity contribution in [2.75, 3.05) is 25.9 Å². The summed E-state index contributed by atoms with van der Waals surface area (Å²) in [7, 11) is 2.20. The summed E-state index contributed by atoms with van der Waals surface area (Å²) in [6.07, 6.45) is 8.32. The second-order valence-corrected chi connectivity index (χ2v) is 7.25. The van der Waals surface area contributed by atoms with Crippen molar-refractivity contribution >= 4 is 17.7 Å². The van der Waals surface area contributed by atoms with Crippen LogP contribution < -0.4 is 0 Å². The minimum absolute atomic E-state index is 0.320. The highest BCUT2D eigenvalue weighted by Gasteiger charge is 2.00. The van der Waals surface area contributed by atoms with E-state index in [-0.39, 0.29) is 0 Å². The molecule has 0 atom stereocenters. The lowest BCUT2D eigenvalue weighted by molar-refractivity contribution is -0.137. The highest BCUT2D eigenvalue weighted by Crippen LogP contribution is 2.18. The topological polar surface area (TPSA) is 40.5 Å². The van der Waals surface area contributed by atoms with Gasteiger partial charge in [0.15, 0.2) is 0 Å². The standard InChI is InChI=1S/C19H31NO2S/c1-20(15-9-4-2-3-8-14-19(21)22)16-10-11-17-23-18-12-6-5-7-13-18/h5-7,12-13H,2-4,8-11,14-17H2,1H3,(H,21,22). The monoisotopic (exact) mass is 337 g/mol. The van der Waals surface area contributed by atoms with Gasteiger partial charge in [0, 0.05) is 11.3 Å². The molecule has 0 aliphatic carbocycles. The highest BCUT2D eigenvalue weighted by molar-refractivity contribution is 7.99. The number of hydrogen-bond acceptors (Lipinski definition) is 3. The van der Waals surface area contributed by atoms with Crippen LogP contribution in [0.5, 0.6) is 0 Å². The van der Waals surface area contributed by atoms with E-state index in [1.54, 1.807) is 0 Å². The Morgan fingerprint density at radius 3 is 2.26 bits per heavy atom. The Kier molecular flexibility index (Phi) is 11.7. The van der Waals surface area contributed by atoms with Crippen molar-refractivity contribution in [2.45, 2.75) is 56.3 Å². The van der Waals surface area contributed by atoms with E-state index < -0.39 is 5.97 Å². The number of benzene rings is 1. The summed E-state index contributed by atoms with van der Waals surface area (Å²) < 4.78 is 0. The molecule has 0 saturated heterocycles. The van der Waals surface area contributed by atoms with Crippen LogP contribution in [0.4, 0.5) is 0 Å². The number of thioether (sulfide) groups is 1. The first kappa shape index (κ1) is 20.0. The maximum absolute atomic E-state index is 10.4. The maximum atomic E-state index is 10.4. The van der Waals surface area contributed by atoms with Crippen LogP contribution in [-0.4, -0.2) is 41.9 Å². The Labute approximate surface area is 145 Å². The Morgan fingerprint density at radius 1 is 0.957 bits per heavy atom. The molecule has 23 heavy (non-hydrogen) atoms. The third-order valence-corrected chi connectivity index (χ3v) is 4.97. The molecule has 0 heterocycles. The predicted molar refractivity (Wildman–Crippen MR) is 99.2 cm³/mol. The SMILES string of the molecule is CN(CCCCCCCC(=O)O)CCCCSc1ccccc1. The van der Waals surface area contributed by atoms with Crippen molar-refractivity contribution in [1.29, 1.82) is 0 Å². The van der Waals surface area contributed by atoms with Gasteiger partial charge in [-0.05, 0) is 63.7 Å². The number of carbonyl (C=O) groups is 1. The summed E-state index contributed by atoms with van der Waals surface area (Å²) in [5.74, 6) is 0.525. The van der Waals surface area contributed by atoms with E-state index in [1.807, 2.05) is 11.8 Å². The number of hydrogen-bond donors (Lipinski definition) is 1. The lowest BCUT2D eigenvalue weighted by Crippen LogP contribution is -2.21. The molecule has 1 rings (SSSR count). The van der Waals surface area contributed by atoms with Crippen molar-refractivity contribution in [1.82, 2.24) is 4.90 Å². The van der Waals surface area contributed by atoms with Gasteiger partial charge in [-0.25, -0.2) is 0 Å². The van der Waals surface area contributed by atoms with Crippen LogP contribution in [0.1, 0.15) is 51.4 Å². The lowest BCUT2D eigenvalue weighted by Gasteiger charge is -2.16. The zero-order valence-electron chi connectivity index (χ0n) is 14.4. The number of aliphatic carboxylic acids is 1. The van der Waals surface area contributed by atoms with Crippen molar-refractivity contribution in [3.8, 4) is 0 Å². The fraction of sp³-hybridized carbons (Fsp3) is 0.632. The van der Waals surface area contributed by atoms with Crippen LogP contribution in [-0.2, 0) is 4.79 Å². The molecular formula is C19H31NO2S. The van der Waals surface area contributed by atoms with Gasteiger partial charge in [-0.3, -0.25) is 4.79 Å². The Morgan fingerprint density at radius 2 is 1.57 bits per heavy atom. The quantitative estimate of drug-likeness (QED) is 0.386. The van der Waals surface area contributed by atoms with Gasteiger partial charge in [-0.1, -0.05) is 37.5 Å². The van der Waals surface area contributed by atoms with Crippen LogP contribution in [0.15, 0.2) is 35.2 Å². The normalized spacial score (nSPS) is 11.0. The summed E-state index contributed by atoms with van der Waals surface area (Å²) in [5, 5.41) is 8.57. The average molecular weight is 338 g/mol. The van der Waals surface area contributed by atoms with Crippen molar-refractivity contribution in [3.05, 3.63) is 30.3 Å². The van der Waals surface area contributed by atoms with E-state index in [0.717, 1.165) is 25.8 Å². The Bertz CT molecular complexity index is 411. The van der Waals surface area contributed by atoms with Crippen LogP contribution in [0.3, 0.4) is 0 Å². The van der Waals surface area contributed by atoms with Gasteiger partial charge in [-0.15, -0.1) is 11.8 Å². The molecule has 0 fully saturated rings. The van der Waals surface area contributed by atoms with E-state index in [0.29, 0.717) is 6.42 Å². The Balaban J connectivity index is 1.86. The molecule has 0 saturated carbocycles. The summed E-state index contributed by atoms with van der Waals surface area (Å²) in [6.45, 7) is 2.33.